The van der Waals surface area contributed by atoms with Crippen molar-refractivity contribution in [3.63, 3.8) is 0 Å². The summed E-state index contributed by atoms with van der Waals surface area (Å²) in [6, 6.07) is 7.97. The summed E-state index contributed by atoms with van der Waals surface area (Å²) in [6.07, 6.45) is 2.75. The highest BCUT2D eigenvalue weighted by molar-refractivity contribution is 5.88. The lowest BCUT2D eigenvalue weighted by Gasteiger charge is -2.41. The molecule has 150 valence electrons. The van der Waals surface area contributed by atoms with E-state index < -0.39 is 6.04 Å². The molecule has 0 bridgehead atoms. The topological polar surface area (TPSA) is 73.0 Å². The molecule has 2 fully saturated rings. The van der Waals surface area contributed by atoms with Crippen molar-refractivity contribution < 1.29 is 14.4 Å². The largest absolute Gasteiger partial charge is 0.352 e. The number of piperazine rings is 1. The van der Waals surface area contributed by atoms with Gasteiger partial charge in [0.2, 0.25) is 17.7 Å². The van der Waals surface area contributed by atoms with E-state index in [1.54, 1.807) is 4.90 Å². The molecule has 2 heterocycles. The molecule has 0 radical (unpaired) electrons. The SMILES string of the molecule is CC(=O)N1Cc2ccccc2CC1C(=O)N1CCN(CC(=O)NC2CC2)CC1. The van der Waals surface area contributed by atoms with Gasteiger partial charge in [-0.1, -0.05) is 24.3 Å². The van der Waals surface area contributed by atoms with Gasteiger partial charge in [0, 0.05) is 52.1 Å². The Morgan fingerprint density at radius 3 is 2.36 bits per heavy atom. The number of rotatable bonds is 4. The van der Waals surface area contributed by atoms with Gasteiger partial charge in [0.1, 0.15) is 6.04 Å². The van der Waals surface area contributed by atoms with Gasteiger partial charge in [-0.05, 0) is 24.0 Å². The van der Waals surface area contributed by atoms with Crippen LogP contribution in [0.4, 0.5) is 0 Å². The number of amides is 3. The van der Waals surface area contributed by atoms with Gasteiger partial charge >= 0.3 is 0 Å². The summed E-state index contributed by atoms with van der Waals surface area (Å²) in [5.41, 5.74) is 2.27. The average Bonchev–Trinajstić information content (AvgIpc) is 3.50. The molecule has 1 unspecified atom stereocenters. The highest BCUT2D eigenvalue weighted by Crippen LogP contribution is 2.25. The number of benzene rings is 1. The Bertz CT molecular complexity index is 769. The molecule has 0 aromatic heterocycles. The fraction of sp³-hybridized carbons (Fsp3) is 0.571. The normalized spacial score (nSPS) is 22.5. The van der Waals surface area contributed by atoms with E-state index >= 15 is 0 Å². The summed E-state index contributed by atoms with van der Waals surface area (Å²) in [7, 11) is 0. The fourth-order valence-corrected chi connectivity index (χ4v) is 4.12. The molecule has 1 aromatic rings. The second kappa shape index (κ2) is 7.91. The Labute approximate surface area is 165 Å². The van der Waals surface area contributed by atoms with Crippen LogP contribution in [0.15, 0.2) is 24.3 Å². The Morgan fingerprint density at radius 1 is 1.04 bits per heavy atom. The van der Waals surface area contributed by atoms with Crippen LogP contribution in [-0.4, -0.2) is 77.2 Å². The zero-order chi connectivity index (χ0) is 19.7. The molecule has 0 spiro atoms. The number of hydrogen-bond acceptors (Lipinski definition) is 4. The molecule has 1 aromatic carbocycles. The first-order valence-corrected chi connectivity index (χ1v) is 10.2. The first-order valence-electron chi connectivity index (χ1n) is 10.2. The van der Waals surface area contributed by atoms with Crippen LogP contribution in [0, 0.1) is 0 Å². The van der Waals surface area contributed by atoms with E-state index in [0.29, 0.717) is 51.7 Å². The quantitative estimate of drug-likeness (QED) is 0.815. The zero-order valence-corrected chi connectivity index (χ0v) is 16.4. The highest BCUT2D eigenvalue weighted by atomic mass is 16.2. The second-order valence-corrected chi connectivity index (χ2v) is 8.08. The third kappa shape index (κ3) is 4.19. The van der Waals surface area contributed by atoms with Crippen molar-refractivity contribution in [1.82, 2.24) is 20.0 Å². The molecule has 1 saturated heterocycles. The number of nitrogens with one attached hydrogen (secondary N) is 1. The lowest BCUT2D eigenvalue weighted by atomic mass is 9.93. The van der Waals surface area contributed by atoms with Crippen LogP contribution in [0.2, 0.25) is 0 Å². The fourth-order valence-electron chi connectivity index (χ4n) is 4.12. The zero-order valence-electron chi connectivity index (χ0n) is 16.4. The van der Waals surface area contributed by atoms with Crippen LogP contribution in [-0.2, 0) is 27.3 Å². The van der Waals surface area contributed by atoms with Crippen molar-refractivity contribution in [2.24, 2.45) is 0 Å². The first-order chi connectivity index (χ1) is 13.5. The molecule has 3 aliphatic rings. The Hall–Kier alpha value is -2.41. The summed E-state index contributed by atoms with van der Waals surface area (Å²) in [4.78, 5) is 43.0. The van der Waals surface area contributed by atoms with Crippen LogP contribution in [0.3, 0.4) is 0 Å². The summed E-state index contributed by atoms with van der Waals surface area (Å²) in [6.45, 7) is 4.99. The predicted octanol–water partition coefficient (Wildman–Crippen LogP) is 0.383. The van der Waals surface area contributed by atoms with Crippen molar-refractivity contribution in [2.45, 2.75) is 44.8 Å². The van der Waals surface area contributed by atoms with Gasteiger partial charge in [-0.3, -0.25) is 19.3 Å². The molecule has 1 aliphatic carbocycles. The number of carbonyl (C=O) groups is 3. The van der Waals surface area contributed by atoms with Crippen molar-refractivity contribution >= 4 is 17.7 Å². The number of fused-ring (bicyclic) bond motifs is 1. The van der Waals surface area contributed by atoms with Crippen molar-refractivity contribution in [3.8, 4) is 0 Å². The van der Waals surface area contributed by atoms with Crippen molar-refractivity contribution in [1.29, 1.82) is 0 Å². The van der Waals surface area contributed by atoms with E-state index in [1.165, 1.54) is 6.92 Å². The number of nitrogens with zero attached hydrogens (tertiary/aromatic N) is 3. The third-order valence-corrected chi connectivity index (χ3v) is 5.93. The molecule has 4 rings (SSSR count). The van der Waals surface area contributed by atoms with Gasteiger partial charge in [0.05, 0.1) is 6.54 Å². The molecule has 7 heteroatoms. The lowest BCUT2D eigenvalue weighted by molar-refractivity contribution is -0.147. The molecule has 2 aliphatic heterocycles. The van der Waals surface area contributed by atoms with Gasteiger partial charge in [-0.2, -0.15) is 0 Å². The van der Waals surface area contributed by atoms with E-state index in [-0.39, 0.29) is 17.7 Å². The maximum Gasteiger partial charge on any atom is 0.245 e. The third-order valence-electron chi connectivity index (χ3n) is 5.93. The predicted molar refractivity (Wildman–Crippen MR) is 104 cm³/mol. The van der Waals surface area contributed by atoms with Gasteiger partial charge in [0.15, 0.2) is 0 Å². The molecular weight excluding hydrogens is 356 g/mol. The Morgan fingerprint density at radius 2 is 1.71 bits per heavy atom. The molecule has 1 N–H and O–H groups in total. The minimum Gasteiger partial charge on any atom is -0.352 e. The first kappa shape index (κ1) is 18.9. The summed E-state index contributed by atoms with van der Waals surface area (Å²) in [5.74, 6) is 0.0314. The van der Waals surface area contributed by atoms with Gasteiger partial charge < -0.3 is 15.1 Å². The van der Waals surface area contributed by atoms with Crippen molar-refractivity contribution in [3.05, 3.63) is 35.4 Å². The standard InChI is InChI=1S/C21H28N4O3/c1-15(26)25-13-17-5-3-2-4-16(17)12-19(25)21(28)24-10-8-23(9-11-24)14-20(27)22-18-6-7-18/h2-5,18-19H,6-14H2,1H3,(H,22,27). The number of hydrogen-bond donors (Lipinski definition) is 1. The van der Waals surface area contributed by atoms with E-state index in [0.717, 1.165) is 24.0 Å². The molecule has 1 saturated carbocycles. The maximum absolute atomic E-state index is 13.2. The Balaban J connectivity index is 1.36. The van der Waals surface area contributed by atoms with E-state index in [4.69, 9.17) is 0 Å². The molecule has 3 amide bonds. The van der Waals surface area contributed by atoms with E-state index in [9.17, 15) is 14.4 Å². The van der Waals surface area contributed by atoms with E-state index in [1.807, 2.05) is 29.2 Å². The van der Waals surface area contributed by atoms with Gasteiger partial charge in [-0.25, -0.2) is 0 Å². The average molecular weight is 384 g/mol. The molecular formula is C21H28N4O3. The smallest absolute Gasteiger partial charge is 0.245 e. The second-order valence-electron chi connectivity index (χ2n) is 8.08. The van der Waals surface area contributed by atoms with Crippen LogP contribution < -0.4 is 5.32 Å². The van der Waals surface area contributed by atoms with Crippen LogP contribution in [0.1, 0.15) is 30.9 Å². The maximum atomic E-state index is 13.2. The van der Waals surface area contributed by atoms with Crippen molar-refractivity contribution in [2.75, 3.05) is 32.7 Å². The van der Waals surface area contributed by atoms with Crippen LogP contribution >= 0.6 is 0 Å². The van der Waals surface area contributed by atoms with Crippen LogP contribution in [0.5, 0.6) is 0 Å². The summed E-state index contributed by atoms with van der Waals surface area (Å²) < 4.78 is 0. The van der Waals surface area contributed by atoms with Gasteiger partial charge in [-0.15, -0.1) is 0 Å². The minimum absolute atomic E-state index is 0.0202. The highest BCUT2D eigenvalue weighted by Gasteiger charge is 2.36. The molecule has 1 atom stereocenters. The minimum atomic E-state index is -0.433. The van der Waals surface area contributed by atoms with E-state index in [2.05, 4.69) is 10.2 Å². The molecule has 7 nitrogen and oxygen atoms in total. The number of carbonyl (C=O) groups excluding carboxylic acids is 3. The summed E-state index contributed by atoms with van der Waals surface area (Å²) >= 11 is 0. The van der Waals surface area contributed by atoms with Gasteiger partial charge in [0.25, 0.3) is 0 Å². The monoisotopic (exact) mass is 384 g/mol. The molecule has 28 heavy (non-hydrogen) atoms. The lowest BCUT2D eigenvalue weighted by Crippen LogP contribution is -2.58. The van der Waals surface area contributed by atoms with Crippen LogP contribution in [0.25, 0.3) is 0 Å². The summed E-state index contributed by atoms with van der Waals surface area (Å²) in [5, 5.41) is 3.01. The Kier molecular flexibility index (Phi) is 5.35.